The number of dihydropyridines is 1. The highest BCUT2D eigenvalue weighted by Crippen LogP contribution is 2.46. The minimum Gasteiger partial charge on any atom is -0.373 e. The monoisotopic (exact) mass is 550 g/mol. The number of fused-ring (bicyclic) bond motifs is 1. The smallest absolute Gasteiger partial charge is 0.128 e. The molecule has 203 valence electrons. The Kier molecular flexibility index (Phi) is 6.98. The van der Waals surface area contributed by atoms with Gasteiger partial charge in [0.2, 0.25) is 0 Å². The normalized spacial score (nSPS) is 28.8. The van der Waals surface area contributed by atoms with Crippen molar-refractivity contribution in [3.63, 3.8) is 0 Å². The highest BCUT2D eigenvalue weighted by atomic mass is 28.3. The molecule has 0 amide bonds. The zero-order valence-corrected chi connectivity index (χ0v) is 24.6. The van der Waals surface area contributed by atoms with Crippen LogP contribution in [0.25, 0.3) is 0 Å². The summed E-state index contributed by atoms with van der Waals surface area (Å²) in [6.07, 6.45) is 26.5. The van der Waals surface area contributed by atoms with Crippen LogP contribution in [0.1, 0.15) is 37.7 Å². The zero-order valence-electron chi connectivity index (χ0n) is 23.6. The molecule has 2 aromatic rings. The molecule has 0 saturated carbocycles. The van der Waals surface area contributed by atoms with Crippen LogP contribution in [0.15, 0.2) is 138 Å². The fraction of sp³-hybridized carbons (Fsp3) is 0.270. The van der Waals surface area contributed by atoms with Crippen LogP contribution in [0.3, 0.4) is 0 Å². The van der Waals surface area contributed by atoms with Gasteiger partial charge in [-0.05, 0) is 66.5 Å². The molecule has 5 unspecified atom stereocenters. The number of hydrogen-bond donors (Lipinski definition) is 1. The third-order valence-corrected chi connectivity index (χ3v) is 12.9. The van der Waals surface area contributed by atoms with Crippen molar-refractivity contribution in [2.45, 2.75) is 43.7 Å². The number of nitriles is 1. The van der Waals surface area contributed by atoms with Crippen molar-refractivity contribution in [3.05, 3.63) is 143 Å². The van der Waals surface area contributed by atoms with E-state index in [1.54, 1.807) is 5.20 Å². The van der Waals surface area contributed by atoms with E-state index in [9.17, 15) is 0 Å². The summed E-state index contributed by atoms with van der Waals surface area (Å²) in [6, 6.07) is 23.2. The molecule has 2 aliphatic heterocycles. The molecular formula is C37H36N3Si. The van der Waals surface area contributed by atoms with Gasteiger partial charge in [0.15, 0.2) is 0 Å². The average molecular weight is 551 g/mol. The molecule has 1 N–H and O–H groups in total. The van der Waals surface area contributed by atoms with Crippen molar-refractivity contribution in [1.82, 2.24) is 5.32 Å². The molecule has 3 nitrogen and oxygen atoms in total. The van der Waals surface area contributed by atoms with Crippen LogP contribution in [-0.2, 0) is 0 Å². The van der Waals surface area contributed by atoms with E-state index in [1.165, 1.54) is 27.7 Å². The van der Waals surface area contributed by atoms with Crippen LogP contribution in [0.4, 0.5) is 5.69 Å². The summed E-state index contributed by atoms with van der Waals surface area (Å²) < 4.78 is 0. The Morgan fingerprint density at radius 1 is 0.927 bits per heavy atom. The lowest BCUT2D eigenvalue weighted by Crippen LogP contribution is -2.54. The molecule has 2 aromatic carbocycles. The Morgan fingerprint density at radius 2 is 1.76 bits per heavy atom. The molecule has 2 heterocycles. The van der Waals surface area contributed by atoms with Crippen molar-refractivity contribution in [1.29, 1.82) is 5.26 Å². The number of anilines is 1. The Labute approximate surface area is 245 Å². The van der Waals surface area contributed by atoms with E-state index >= 15 is 0 Å². The van der Waals surface area contributed by atoms with Gasteiger partial charge in [0.25, 0.3) is 0 Å². The van der Waals surface area contributed by atoms with Gasteiger partial charge in [0, 0.05) is 29.4 Å². The summed E-state index contributed by atoms with van der Waals surface area (Å²) in [5.74, 6) is 1.42. The SMILES string of the molecule is CC1CC=CC2=C1[Si](c1ccccc1)C1C=CC=CC1N2c1cccc(C2C=CC(C3=CC=C(C#N)NC3)CC2)c1. The summed E-state index contributed by atoms with van der Waals surface area (Å²) in [4.78, 5) is 2.65. The van der Waals surface area contributed by atoms with E-state index in [0.717, 1.165) is 25.8 Å². The van der Waals surface area contributed by atoms with Gasteiger partial charge in [-0.15, -0.1) is 0 Å². The Bertz CT molecular complexity index is 1580. The van der Waals surface area contributed by atoms with Crippen LogP contribution >= 0.6 is 0 Å². The van der Waals surface area contributed by atoms with Crippen LogP contribution in [-0.4, -0.2) is 21.4 Å². The number of rotatable bonds is 4. The molecule has 0 spiro atoms. The van der Waals surface area contributed by atoms with Crippen LogP contribution < -0.4 is 15.4 Å². The van der Waals surface area contributed by atoms with Gasteiger partial charge in [-0.25, -0.2) is 0 Å². The molecule has 7 rings (SSSR count). The molecule has 4 heteroatoms. The molecule has 5 atom stereocenters. The molecule has 3 aliphatic carbocycles. The summed E-state index contributed by atoms with van der Waals surface area (Å²) in [6.45, 7) is 3.20. The second kappa shape index (κ2) is 11.1. The van der Waals surface area contributed by atoms with Crippen molar-refractivity contribution < 1.29 is 0 Å². The number of nitrogens with one attached hydrogen (secondary N) is 1. The van der Waals surface area contributed by atoms with Crippen LogP contribution in [0, 0.1) is 23.2 Å². The number of benzene rings is 2. The van der Waals surface area contributed by atoms with E-state index in [2.05, 4.69) is 132 Å². The summed E-state index contributed by atoms with van der Waals surface area (Å²) in [5.41, 5.74) is 6.66. The number of hydrogen-bond acceptors (Lipinski definition) is 3. The fourth-order valence-electron chi connectivity index (χ4n) is 7.33. The fourth-order valence-corrected chi connectivity index (χ4v) is 11.0. The highest BCUT2D eigenvalue weighted by Gasteiger charge is 2.45. The summed E-state index contributed by atoms with van der Waals surface area (Å²) in [7, 11) is -0.957. The molecule has 1 radical (unpaired) electrons. The van der Waals surface area contributed by atoms with E-state index in [-0.39, 0.29) is 0 Å². The zero-order chi connectivity index (χ0) is 27.8. The van der Waals surface area contributed by atoms with Gasteiger partial charge in [-0.3, -0.25) is 0 Å². The van der Waals surface area contributed by atoms with Gasteiger partial charge in [0.1, 0.15) is 20.6 Å². The minimum absolute atomic E-state index is 0.321. The Balaban J connectivity index is 1.23. The first-order valence-electron chi connectivity index (χ1n) is 15.0. The highest BCUT2D eigenvalue weighted by molar-refractivity contribution is 6.82. The third-order valence-electron chi connectivity index (χ3n) is 9.39. The molecule has 5 aliphatic rings. The maximum absolute atomic E-state index is 9.13. The molecule has 0 fully saturated rings. The third kappa shape index (κ3) is 4.79. The van der Waals surface area contributed by atoms with Gasteiger partial charge < -0.3 is 10.2 Å². The standard InChI is InChI=1S/C37H36N3Si/c1-26-9-7-15-35-37(26)41(33-12-3-2-4-13-33)36-16-6-5-14-34(36)40(35)32-11-8-10-29(23-32)27-17-19-28(20-18-27)30-21-22-31(24-38)39-25-30/h2-8,10-17,19,21-23,26-28,34,36,39H,9,18,20,25H2,1H3. The Morgan fingerprint density at radius 3 is 2.54 bits per heavy atom. The van der Waals surface area contributed by atoms with Gasteiger partial charge in [-0.1, -0.05) is 108 Å². The van der Waals surface area contributed by atoms with E-state index in [4.69, 9.17) is 5.26 Å². The second-order valence-electron chi connectivity index (χ2n) is 11.8. The van der Waals surface area contributed by atoms with Crippen molar-refractivity contribution in [2.75, 3.05) is 11.4 Å². The van der Waals surface area contributed by atoms with Gasteiger partial charge in [0.05, 0.1) is 6.04 Å². The predicted octanol–water partition coefficient (Wildman–Crippen LogP) is 7.15. The molecule has 41 heavy (non-hydrogen) atoms. The summed E-state index contributed by atoms with van der Waals surface area (Å²) >= 11 is 0. The maximum Gasteiger partial charge on any atom is 0.128 e. The average Bonchev–Trinajstić information content (AvgIpc) is 3.04. The van der Waals surface area contributed by atoms with Crippen LogP contribution in [0.5, 0.6) is 0 Å². The lowest BCUT2D eigenvalue weighted by atomic mass is 9.80. The largest absolute Gasteiger partial charge is 0.373 e. The first kappa shape index (κ1) is 25.9. The maximum atomic E-state index is 9.13. The number of nitrogens with zero attached hydrogens (tertiary/aromatic N) is 2. The Hall–Kier alpha value is -4.07. The molecule has 0 saturated heterocycles. The lowest BCUT2D eigenvalue weighted by Gasteiger charge is -2.49. The van der Waals surface area contributed by atoms with Gasteiger partial charge in [-0.2, -0.15) is 5.26 Å². The second-order valence-corrected chi connectivity index (χ2v) is 14.4. The predicted molar refractivity (Wildman–Crippen MR) is 171 cm³/mol. The van der Waals surface area contributed by atoms with Crippen molar-refractivity contribution in [2.24, 2.45) is 11.8 Å². The minimum atomic E-state index is -0.957. The van der Waals surface area contributed by atoms with Gasteiger partial charge >= 0.3 is 0 Å². The topological polar surface area (TPSA) is 39.1 Å². The summed E-state index contributed by atoms with van der Waals surface area (Å²) in [5, 5.41) is 15.6. The van der Waals surface area contributed by atoms with E-state index in [1.807, 2.05) is 6.08 Å². The molecular weight excluding hydrogens is 515 g/mol. The first-order valence-corrected chi connectivity index (χ1v) is 16.6. The first-order chi connectivity index (χ1) is 20.2. The van der Waals surface area contributed by atoms with E-state index in [0.29, 0.717) is 35.0 Å². The van der Waals surface area contributed by atoms with Crippen molar-refractivity contribution in [3.8, 4) is 6.07 Å². The number of allylic oxidation sites excluding steroid dienone is 10. The quantitative estimate of drug-likeness (QED) is 0.325. The van der Waals surface area contributed by atoms with E-state index < -0.39 is 8.80 Å². The van der Waals surface area contributed by atoms with Crippen molar-refractivity contribution >= 4 is 19.7 Å². The van der Waals surface area contributed by atoms with Crippen LogP contribution in [0.2, 0.25) is 5.54 Å². The molecule has 0 aromatic heterocycles. The lowest BCUT2D eigenvalue weighted by molar-refractivity contribution is 0.549. The molecule has 0 bridgehead atoms.